The fraction of sp³-hybridized carbons (Fsp3) is 0.500. The first-order valence-electron chi connectivity index (χ1n) is 7.24. The minimum absolute atomic E-state index is 0.331. The van der Waals surface area contributed by atoms with Gasteiger partial charge in [0.15, 0.2) is 6.61 Å². The quantitative estimate of drug-likeness (QED) is 0.599. The number of esters is 1. The summed E-state index contributed by atoms with van der Waals surface area (Å²) < 4.78 is 9.12. The summed E-state index contributed by atoms with van der Waals surface area (Å²) in [4.78, 5) is 23.6. The number of hydrogen-bond acceptors (Lipinski definition) is 4. The van der Waals surface area contributed by atoms with E-state index in [4.69, 9.17) is 32.7 Å². The first kappa shape index (κ1) is 17.9. The van der Waals surface area contributed by atoms with E-state index in [1.807, 2.05) is 24.3 Å². The van der Waals surface area contributed by atoms with Gasteiger partial charge in [-0.25, -0.2) is 0 Å². The first-order chi connectivity index (χ1) is 10.8. The predicted octanol–water partition coefficient (Wildman–Crippen LogP) is 2.48. The van der Waals surface area contributed by atoms with E-state index < -0.39 is 15.7 Å². The molecule has 0 radical (unpaired) electrons. The second-order valence-electron chi connectivity index (χ2n) is 5.70. The lowest BCUT2D eigenvalue weighted by molar-refractivity contribution is -0.153. The molecule has 0 bridgehead atoms. The molecule has 1 aliphatic carbocycles. The van der Waals surface area contributed by atoms with Crippen LogP contribution in [0.3, 0.4) is 0 Å². The first-order valence-corrected chi connectivity index (χ1v) is 7.99. The standard InChI is InChI=1S/C16H19Cl2NO4/c1-15(10-16(15,17)18)14(21)23-9-13(20)19-8-7-11-5-3-4-6-12(11)22-2/h3-6H,7-10H2,1-2H3,(H,19,20)/t15-/m0/s1. The Balaban J connectivity index is 1.71. The summed E-state index contributed by atoms with van der Waals surface area (Å²) in [7, 11) is 1.60. The second-order valence-corrected chi connectivity index (χ2v) is 7.19. The number of ether oxygens (including phenoxy) is 2. The predicted molar refractivity (Wildman–Crippen MR) is 87.8 cm³/mol. The van der Waals surface area contributed by atoms with Crippen LogP contribution in [0, 0.1) is 5.41 Å². The SMILES string of the molecule is COc1ccccc1CCNC(=O)COC(=O)[C@]1(C)CC1(Cl)Cl. The number of alkyl halides is 2. The number of amides is 1. The number of methoxy groups -OCH3 is 1. The molecular formula is C16H19Cl2NO4. The zero-order valence-electron chi connectivity index (χ0n) is 13.0. The van der Waals surface area contributed by atoms with E-state index >= 15 is 0 Å². The fourth-order valence-electron chi connectivity index (χ4n) is 2.21. The fourth-order valence-corrected chi connectivity index (χ4v) is 2.90. The summed E-state index contributed by atoms with van der Waals surface area (Å²) in [5.41, 5.74) is 0.0696. The van der Waals surface area contributed by atoms with Crippen molar-refractivity contribution in [2.75, 3.05) is 20.3 Å². The highest BCUT2D eigenvalue weighted by Gasteiger charge is 2.69. The smallest absolute Gasteiger partial charge is 0.315 e. The third-order valence-electron chi connectivity index (χ3n) is 3.95. The molecule has 0 saturated heterocycles. The molecular weight excluding hydrogens is 341 g/mol. The van der Waals surface area contributed by atoms with Gasteiger partial charge in [0.25, 0.3) is 5.91 Å². The van der Waals surface area contributed by atoms with Crippen LogP contribution >= 0.6 is 23.2 Å². The molecule has 1 N–H and O–H groups in total. The highest BCUT2D eigenvalue weighted by atomic mass is 35.5. The Labute approximate surface area is 145 Å². The average molecular weight is 360 g/mol. The van der Waals surface area contributed by atoms with Crippen molar-refractivity contribution in [2.24, 2.45) is 5.41 Å². The molecule has 1 aliphatic rings. The normalized spacial score (nSPS) is 21.4. The van der Waals surface area contributed by atoms with Gasteiger partial charge in [-0.15, -0.1) is 23.2 Å². The van der Waals surface area contributed by atoms with Gasteiger partial charge in [-0.1, -0.05) is 18.2 Å². The van der Waals surface area contributed by atoms with Crippen molar-refractivity contribution >= 4 is 35.1 Å². The Kier molecular flexibility index (Phi) is 5.42. The van der Waals surface area contributed by atoms with Gasteiger partial charge < -0.3 is 14.8 Å². The van der Waals surface area contributed by atoms with E-state index in [0.29, 0.717) is 19.4 Å². The molecule has 1 amide bonds. The van der Waals surface area contributed by atoms with Gasteiger partial charge in [0.1, 0.15) is 15.5 Å². The minimum Gasteiger partial charge on any atom is -0.496 e. The number of carbonyl (C=O) groups excluding carboxylic acids is 2. The van der Waals surface area contributed by atoms with Crippen LogP contribution in [0.1, 0.15) is 18.9 Å². The monoisotopic (exact) mass is 359 g/mol. The van der Waals surface area contributed by atoms with Crippen LogP contribution in [0.2, 0.25) is 0 Å². The average Bonchev–Trinajstić information content (AvgIpc) is 3.05. The van der Waals surface area contributed by atoms with E-state index in [9.17, 15) is 9.59 Å². The Morgan fingerprint density at radius 3 is 2.57 bits per heavy atom. The van der Waals surface area contributed by atoms with Gasteiger partial charge in [0, 0.05) is 13.0 Å². The van der Waals surface area contributed by atoms with E-state index in [2.05, 4.69) is 5.32 Å². The number of nitrogens with one attached hydrogen (secondary N) is 1. The van der Waals surface area contributed by atoms with Crippen LogP contribution in [0.25, 0.3) is 0 Å². The molecule has 23 heavy (non-hydrogen) atoms. The van der Waals surface area contributed by atoms with E-state index in [-0.39, 0.29) is 12.5 Å². The molecule has 0 unspecified atom stereocenters. The van der Waals surface area contributed by atoms with Crippen molar-refractivity contribution in [2.45, 2.75) is 24.1 Å². The highest BCUT2D eigenvalue weighted by Crippen LogP contribution is 2.64. The number of carbonyl (C=O) groups is 2. The zero-order chi connectivity index (χ0) is 17.1. The number of benzene rings is 1. The number of hydrogen-bond donors (Lipinski definition) is 1. The van der Waals surface area contributed by atoms with Crippen molar-refractivity contribution in [1.29, 1.82) is 0 Å². The largest absolute Gasteiger partial charge is 0.496 e. The summed E-state index contributed by atoms with van der Waals surface area (Å²) in [6.07, 6.45) is 0.950. The Morgan fingerprint density at radius 2 is 1.96 bits per heavy atom. The zero-order valence-corrected chi connectivity index (χ0v) is 14.5. The summed E-state index contributed by atoms with van der Waals surface area (Å²) >= 11 is 11.8. The number of para-hydroxylation sites is 1. The van der Waals surface area contributed by atoms with Crippen molar-refractivity contribution < 1.29 is 19.1 Å². The van der Waals surface area contributed by atoms with E-state index in [0.717, 1.165) is 11.3 Å². The summed E-state index contributed by atoms with van der Waals surface area (Å²) in [6, 6.07) is 7.58. The molecule has 0 heterocycles. The molecule has 7 heteroatoms. The van der Waals surface area contributed by atoms with Crippen LogP contribution in [0.5, 0.6) is 5.75 Å². The van der Waals surface area contributed by atoms with Crippen molar-refractivity contribution in [3.63, 3.8) is 0 Å². The van der Waals surface area contributed by atoms with Gasteiger partial charge in [-0.2, -0.15) is 0 Å². The summed E-state index contributed by atoms with van der Waals surface area (Å²) in [5.74, 6) is -0.148. The number of rotatable bonds is 7. The van der Waals surface area contributed by atoms with Crippen molar-refractivity contribution in [3.8, 4) is 5.75 Å². The maximum absolute atomic E-state index is 11.8. The summed E-state index contributed by atoms with van der Waals surface area (Å²) in [5, 5.41) is 2.69. The van der Waals surface area contributed by atoms with Crippen LogP contribution in [0.4, 0.5) is 0 Å². The van der Waals surface area contributed by atoms with E-state index in [1.54, 1.807) is 14.0 Å². The molecule has 1 aromatic carbocycles. The van der Waals surface area contributed by atoms with Crippen LogP contribution < -0.4 is 10.1 Å². The van der Waals surface area contributed by atoms with Crippen LogP contribution in [-0.2, 0) is 20.7 Å². The molecule has 1 atom stereocenters. The molecule has 2 rings (SSSR count). The number of halogens is 2. The highest BCUT2D eigenvalue weighted by molar-refractivity contribution is 6.53. The lowest BCUT2D eigenvalue weighted by Gasteiger charge is -2.12. The van der Waals surface area contributed by atoms with Gasteiger partial charge in [-0.05, 0) is 25.0 Å². The van der Waals surface area contributed by atoms with Crippen molar-refractivity contribution in [3.05, 3.63) is 29.8 Å². The lowest BCUT2D eigenvalue weighted by atomic mass is 10.1. The van der Waals surface area contributed by atoms with Crippen molar-refractivity contribution in [1.82, 2.24) is 5.32 Å². The lowest BCUT2D eigenvalue weighted by Crippen LogP contribution is -2.32. The molecule has 1 saturated carbocycles. The minimum atomic E-state index is -1.09. The summed E-state index contributed by atoms with van der Waals surface area (Å²) in [6.45, 7) is 1.70. The van der Waals surface area contributed by atoms with Gasteiger partial charge in [0.2, 0.25) is 0 Å². The van der Waals surface area contributed by atoms with Crippen LogP contribution in [0.15, 0.2) is 24.3 Å². The second kappa shape index (κ2) is 6.97. The molecule has 1 fully saturated rings. The van der Waals surface area contributed by atoms with Gasteiger partial charge in [-0.3, -0.25) is 9.59 Å². The molecule has 0 aromatic heterocycles. The molecule has 1 aromatic rings. The van der Waals surface area contributed by atoms with Gasteiger partial charge >= 0.3 is 5.97 Å². The molecule has 0 aliphatic heterocycles. The van der Waals surface area contributed by atoms with Crippen LogP contribution in [-0.4, -0.2) is 36.5 Å². The maximum atomic E-state index is 11.8. The molecule has 126 valence electrons. The topological polar surface area (TPSA) is 64.6 Å². The Morgan fingerprint density at radius 1 is 1.30 bits per heavy atom. The Bertz CT molecular complexity index is 605. The molecule has 5 nitrogen and oxygen atoms in total. The van der Waals surface area contributed by atoms with Gasteiger partial charge in [0.05, 0.1) is 7.11 Å². The van der Waals surface area contributed by atoms with E-state index in [1.165, 1.54) is 0 Å². The maximum Gasteiger partial charge on any atom is 0.315 e. The third-order valence-corrected chi connectivity index (χ3v) is 5.05. The Hall–Kier alpha value is -1.46. The molecule has 0 spiro atoms. The third kappa shape index (κ3) is 4.09.